The molecule has 0 saturated carbocycles. The van der Waals surface area contributed by atoms with E-state index < -0.39 is 17.5 Å². The van der Waals surface area contributed by atoms with Gasteiger partial charge in [0.05, 0.1) is 45.7 Å². The average Bonchev–Trinajstić information content (AvgIpc) is 3.21. The van der Waals surface area contributed by atoms with Crippen molar-refractivity contribution in [1.29, 1.82) is 0 Å². The highest BCUT2D eigenvalue weighted by atomic mass is 35.5. The normalized spacial score (nSPS) is 10.9. The van der Waals surface area contributed by atoms with Crippen molar-refractivity contribution in [3.8, 4) is 17.1 Å². The smallest absolute Gasteiger partial charge is 0.271 e. The largest absolute Gasteiger partial charge is 0.480 e. The predicted octanol–water partition coefficient (Wildman–Crippen LogP) is 4.21. The lowest BCUT2D eigenvalue weighted by molar-refractivity contribution is 0.0960. The lowest BCUT2D eigenvalue weighted by Crippen LogP contribution is -2.18. The molecular weight excluding hydrogens is 462 g/mol. The van der Waals surface area contributed by atoms with Gasteiger partial charge >= 0.3 is 0 Å². The van der Waals surface area contributed by atoms with Crippen LogP contribution in [-0.2, 0) is 0 Å². The minimum Gasteiger partial charge on any atom is -0.480 e. The van der Waals surface area contributed by atoms with Crippen molar-refractivity contribution < 1.29 is 18.3 Å². The van der Waals surface area contributed by atoms with Crippen molar-refractivity contribution in [1.82, 2.24) is 24.7 Å². The van der Waals surface area contributed by atoms with Gasteiger partial charge in [-0.1, -0.05) is 11.6 Å². The van der Waals surface area contributed by atoms with E-state index in [4.69, 9.17) is 16.3 Å². The number of methoxy groups -OCH3 is 1. The molecule has 0 aliphatic heterocycles. The SMILES string of the molecule is CNC(=O)c1ncn2cc(-c3c(F)ccc(NSc4cc(Cl)cnc4OC)c3F)ncc12. The Morgan fingerprint density at radius 3 is 2.78 bits per heavy atom. The quantitative estimate of drug-likeness (QED) is 0.403. The maximum Gasteiger partial charge on any atom is 0.271 e. The summed E-state index contributed by atoms with van der Waals surface area (Å²) in [5.74, 6) is -1.73. The Hall–Kier alpha value is -3.44. The Bertz CT molecular complexity index is 1330. The van der Waals surface area contributed by atoms with E-state index in [1.54, 1.807) is 6.07 Å². The van der Waals surface area contributed by atoms with Gasteiger partial charge in [0.15, 0.2) is 11.5 Å². The number of ether oxygens (including phenoxy) is 1. The molecule has 0 radical (unpaired) electrons. The number of benzene rings is 1. The van der Waals surface area contributed by atoms with Crippen LogP contribution in [0.5, 0.6) is 5.88 Å². The number of anilines is 1. The summed E-state index contributed by atoms with van der Waals surface area (Å²) in [6.45, 7) is 0. The molecule has 0 fully saturated rings. The Morgan fingerprint density at radius 2 is 2.03 bits per heavy atom. The zero-order valence-corrected chi connectivity index (χ0v) is 18.3. The number of imidazole rings is 1. The van der Waals surface area contributed by atoms with E-state index in [1.165, 1.54) is 49.5 Å². The fourth-order valence-electron chi connectivity index (χ4n) is 2.93. The third-order valence-corrected chi connectivity index (χ3v) is 5.50. The number of halogens is 3. The van der Waals surface area contributed by atoms with Crippen molar-refractivity contribution >= 4 is 40.7 Å². The van der Waals surface area contributed by atoms with Gasteiger partial charge in [-0.3, -0.25) is 9.78 Å². The molecule has 3 heterocycles. The van der Waals surface area contributed by atoms with Gasteiger partial charge in [-0.25, -0.2) is 18.7 Å². The zero-order valence-electron chi connectivity index (χ0n) is 16.7. The fourth-order valence-corrected chi connectivity index (χ4v) is 3.94. The lowest BCUT2D eigenvalue weighted by Gasteiger charge is -2.12. The third-order valence-electron chi connectivity index (χ3n) is 4.46. The standard InChI is InChI=1S/C20H15ClF2N6O2S/c1-24-19(30)18-14-7-25-13(8-29(14)9-27-18)16-11(22)3-4-12(17(16)23)28-32-15-5-10(21)6-26-20(15)31-2/h3-9,28H,1-2H3,(H,24,30). The maximum atomic E-state index is 15.3. The summed E-state index contributed by atoms with van der Waals surface area (Å²) in [5, 5.41) is 2.85. The van der Waals surface area contributed by atoms with Crippen LogP contribution < -0.4 is 14.8 Å². The van der Waals surface area contributed by atoms with Gasteiger partial charge < -0.3 is 19.2 Å². The second-order valence-electron chi connectivity index (χ2n) is 6.39. The van der Waals surface area contributed by atoms with Crippen molar-refractivity contribution in [2.45, 2.75) is 4.90 Å². The van der Waals surface area contributed by atoms with E-state index in [0.29, 0.717) is 21.3 Å². The number of carbonyl (C=O) groups is 1. The van der Waals surface area contributed by atoms with Crippen LogP contribution in [0.25, 0.3) is 16.8 Å². The molecule has 164 valence electrons. The highest BCUT2D eigenvalue weighted by molar-refractivity contribution is 8.00. The number of rotatable bonds is 6. The molecular formula is C20H15ClF2N6O2S. The Balaban J connectivity index is 1.68. The van der Waals surface area contributed by atoms with Crippen molar-refractivity contribution in [3.63, 3.8) is 0 Å². The topological polar surface area (TPSA) is 93.4 Å². The first kappa shape index (κ1) is 21.8. The fraction of sp³-hybridized carbons (Fsp3) is 0.100. The molecule has 0 aliphatic rings. The lowest BCUT2D eigenvalue weighted by atomic mass is 10.1. The van der Waals surface area contributed by atoms with E-state index in [-0.39, 0.29) is 22.6 Å². The molecule has 1 aromatic carbocycles. The van der Waals surface area contributed by atoms with Crippen molar-refractivity contribution in [2.24, 2.45) is 0 Å². The molecule has 0 spiro atoms. The summed E-state index contributed by atoms with van der Waals surface area (Å²) in [4.78, 5) is 24.6. The Morgan fingerprint density at radius 1 is 1.22 bits per heavy atom. The molecule has 0 atom stereocenters. The highest BCUT2D eigenvalue weighted by Crippen LogP contribution is 2.34. The molecule has 0 bridgehead atoms. The number of amides is 1. The van der Waals surface area contributed by atoms with Crippen LogP contribution in [0, 0.1) is 11.6 Å². The molecule has 0 aliphatic carbocycles. The van der Waals surface area contributed by atoms with Crippen LogP contribution in [0.2, 0.25) is 5.02 Å². The summed E-state index contributed by atoms with van der Waals surface area (Å²) in [5.41, 5.74) is 0.280. The minimum absolute atomic E-state index is 0.0204. The maximum absolute atomic E-state index is 15.3. The van der Waals surface area contributed by atoms with Gasteiger partial charge in [-0.15, -0.1) is 0 Å². The molecule has 32 heavy (non-hydrogen) atoms. The number of carbonyl (C=O) groups excluding carboxylic acids is 1. The molecule has 8 nitrogen and oxygen atoms in total. The first-order chi connectivity index (χ1) is 15.4. The zero-order chi connectivity index (χ0) is 22.8. The summed E-state index contributed by atoms with van der Waals surface area (Å²) in [7, 11) is 2.93. The van der Waals surface area contributed by atoms with Gasteiger partial charge in [-0.2, -0.15) is 0 Å². The third kappa shape index (κ3) is 4.04. The van der Waals surface area contributed by atoms with Crippen LogP contribution in [0.3, 0.4) is 0 Å². The van der Waals surface area contributed by atoms with Gasteiger partial charge in [0, 0.05) is 19.4 Å². The van der Waals surface area contributed by atoms with Crippen LogP contribution in [0.1, 0.15) is 10.5 Å². The first-order valence-corrected chi connectivity index (χ1v) is 10.3. The van der Waals surface area contributed by atoms with E-state index in [2.05, 4.69) is 25.0 Å². The van der Waals surface area contributed by atoms with Gasteiger partial charge in [0.2, 0.25) is 5.88 Å². The molecule has 0 unspecified atom stereocenters. The van der Waals surface area contributed by atoms with Crippen LogP contribution in [0.15, 0.2) is 48.0 Å². The number of hydrogen-bond donors (Lipinski definition) is 2. The van der Waals surface area contributed by atoms with Crippen LogP contribution in [-0.4, -0.2) is 39.4 Å². The number of hydrogen-bond acceptors (Lipinski definition) is 7. The monoisotopic (exact) mass is 476 g/mol. The van der Waals surface area contributed by atoms with Gasteiger partial charge in [0.1, 0.15) is 12.1 Å². The Kier molecular flexibility index (Phi) is 6.10. The van der Waals surface area contributed by atoms with Crippen molar-refractivity contribution in [2.75, 3.05) is 18.9 Å². The summed E-state index contributed by atoms with van der Waals surface area (Å²) in [6, 6.07) is 4.00. The summed E-state index contributed by atoms with van der Waals surface area (Å²) in [6.07, 6.45) is 5.53. The molecule has 2 N–H and O–H groups in total. The molecule has 4 aromatic rings. The van der Waals surface area contributed by atoms with Crippen LogP contribution >= 0.6 is 23.5 Å². The highest BCUT2D eigenvalue weighted by Gasteiger charge is 2.20. The van der Waals surface area contributed by atoms with E-state index in [9.17, 15) is 9.18 Å². The van der Waals surface area contributed by atoms with Crippen LogP contribution in [0.4, 0.5) is 14.5 Å². The molecule has 1 amide bonds. The number of fused-ring (bicyclic) bond motifs is 1. The number of aromatic nitrogens is 4. The van der Waals surface area contributed by atoms with Gasteiger partial charge in [-0.05, 0) is 30.1 Å². The predicted molar refractivity (Wildman–Crippen MR) is 117 cm³/mol. The van der Waals surface area contributed by atoms with Crippen molar-refractivity contribution in [3.05, 3.63) is 65.5 Å². The summed E-state index contributed by atoms with van der Waals surface area (Å²) < 4.78 is 39.3. The number of nitrogens with zero attached hydrogens (tertiary/aromatic N) is 4. The minimum atomic E-state index is -0.843. The average molecular weight is 477 g/mol. The molecule has 3 aromatic heterocycles. The number of pyridine rings is 1. The molecule has 0 saturated heterocycles. The van der Waals surface area contributed by atoms with E-state index >= 15 is 4.39 Å². The second-order valence-corrected chi connectivity index (χ2v) is 7.67. The molecule has 4 rings (SSSR count). The van der Waals surface area contributed by atoms with Gasteiger partial charge in [0.25, 0.3) is 5.91 Å². The second kappa shape index (κ2) is 8.97. The Labute approximate surface area is 190 Å². The van der Waals surface area contributed by atoms with E-state index in [1.807, 2.05) is 0 Å². The molecule has 12 heteroatoms. The first-order valence-electron chi connectivity index (χ1n) is 9.08. The number of nitrogens with one attached hydrogen (secondary N) is 2. The summed E-state index contributed by atoms with van der Waals surface area (Å²) >= 11 is 6.98. The van der Waals surface area contributed by atoms with E-state index in [0.717, 1.165) is 18.0 Å².